The second-order valence-corrected chi connectivity index (χ2v) is 5.90. The first-order chi connectivity index (χ1) is 11.1. The van der Waals surface area contributed by atoms with E-state index in [0.717, 1.165) is 43.2 Å². The summed E-state index contributed by atoms with van der Waals surface area (Å²) < 4.78 is 0. The van der Waals surface area contributed by atoms with Crippen molar-refractivity contribution < 1.29 is 9.78 Å². The molecule has 1 aromatic heterocycles. The zero-order chi connectivity index (χ0) is 16.2. The van der Waals surface area contributed by atoms with E-state index in [4.69, 9.17) is 0 Å². The number of nitrogens with one attached hydrogen (secondary N) is 2. The predicted octanol–water partition coefficient (Wildman–Crippen LogP) is 2.47. The Morgan fingerprint density at radius 3 is 2.52 bits per heavy atom. The Morgan fingerprint density at radius 2 is 1.83 bits per heavy atom. The molecule has 0 radical (unpaired) electrons. The Labute approximate surface area is 136 Å². The summed E-state index contributed by atoms with van der Waals surface area (Å²) in [4.78, 5) is 19.8. The zero-order valence-electron chi connectivity index (χ0n) is 13.7. The summed E-state index contributed by atoms with van der Waals surface area (Å²) in [5.41, 5.74) is 3.21. The number of aromatic amines is 1. The number of nitrogens with zero attached hydrogens (tertiary/aromatic N) is 2. The minimum atomic E-state index is -0.0182. The van der Waals surface area contributed by atoms with Crippen LogP contribution in [0.2, 0.25) is 0 Å². The minimum absolute atomic E-state index is 0.0182. The smallest absolute Gasteiger partial charge is 0.317 e. The molecule has 1 aromatic carbocycles. The fourth-order valence-corrected chi connectivity index (χ4v) is 2.81. The Bertz CT molecular complexity index is 679. The molecule has 3 rings (SSSR count). The summed E-state index contributed by atoms with van der Waals surface area (Å²) >= 11 is 0. The molecule has 2 amide bonds. The van der Waals surface area contributed by atoms with E-state index in [2.05, 4.69) is 34.3 Å². The summed E-state index contributed by atoms with van der Waals surface area (Å²) in [6, 6.07) is 12.0. The van der Waals surface area contributed by atoms with Crippen LogP contribution in [0.3, 0.4) is 0 Å². The standard InChI is InChI=1S/C18H22N4O/c1-14-6-5-7-16(15(14)2)20-18(23)22-12-10-21(11-13-22)17-8-3-4-9-19-17/h3-9H,10-13H2,1-2H3,(H,20,23)/p+1. The maximum atomic E-state index is 12.5. The van der Waals surface area contributed by atoms with E-state index in [0.29, 0.717) is 0 Å². The molecule has 1 aliphatic rings. The monoisotopic (exact) mass is 311 g/mol. The first-order valence-corrected chi connectivity index (χ1v) is 7.99. The third-order valence-electron chi connectivity index (χ3n) is 4.45. The van der Waals surface area contributed by atoms with Crippen molar-refractivity contribution in [3.05, 3.63) is 53.7 Å². The number of hydrogen-bond donors (Lipinski definition) is 1. The van der Waals surface area contributed by atoms with E-state index in [1.54, 1.807) is 0 Å². The van der Waals surface area contributed by atoms with Gasteiger partial charge in [-0.2, -0.15) is 0 Å². The topological polar surface area (TPSA) is 49.7 Å². The summed E-state index contributed by atoms with van der Waals surface area (Å²) in [7, 11) is 0. The van der Waals surface area contributed by atoms with Gasteiger partial charge in [0.05, 0.1) is 19.3 Å². The summed E-state index contributed by atoms with van der Waals surface area (Å²) in [6.45, 7) is 7.20. The predicted molar refractivity (Wildman–Crippen MR) is 91.7 cm³/mol. The maximum absolute atomic E-state index is 12.5. The number of H-pyrrole nitrogens is 1. The van der Waals surface area contributed by atoms with Crippen LogP contribution in [0.1, 0.15) is 11.1 Å². The van der Waals surface area contributed by atoms with Crippen LogP contribution in [0.15, 0.2) is 42.6 Å². The first-order valence-electron chi connectivity index (χ1n) is 7.99. The highest BCUT2D eigenvalue weighted by molar-refractivity contribution is 5.90. The molecule has 23 heavy (non-hydrogen) atoms. The number of piperazine rings is 1. The number of aryl methyl sites for hydroxylation is 1. The molecule has 5 nitrogen and oxygen atoms in total. The lowest BCUT2D eigenvalue weighted by atomic mass is 10.1. The van der Waals surface area contributed by atoms with Crippen molar-refractivity contribution in [1.82, 2.24) is 4.90 Å². The van der Waals surface area contributed by atoms with E-state index in [-0.39, 0.29) is 6.03 Å². The molecule has 0 aliphatic carbocycles. The van der Waals surface area contributed by atoms with Gasteiger partial charge in [0.25, 0.3) is 5.82 Å². The molecule has 0 spiro atoms. The van der Waals surface area contributed by atoms with Crippen molar-refractivity contribution >= 4 is 17.5 Å². The van der Waals surface area contributed by atoms with Crippen LogP contribution in [0.5, 0.6) is 0 Å². The molecule has 1 saturated heterocycles. The fraction of sp³-hybridized carbons (Fsp3) is 0.333. The van der Waals surface area contributed by atoms with Crippen LogP contribution in [0.25, 0.3) is 0 Å². The summed E-state index contributed by atoms with van der Waals surface area (Å²) in [5, 5.41) is 3.04. The Morgan fingerprint density at radius 1 is 1.04 bits per heavy atom. The Hall–Kier alpha value is -2.56. The molecule has 5 heteroatoms. The van der Waals surface area contributed by atoms with Gasteiger partial charge in [-0.1, -0.05) is 18.2 Å². The van der Waals surface area contributed by atoms with Crippen molar-refractivity contribution in [3.63, 3.8) is 0 Å². The van der Waals surface area contributed by atoms with E-state index in [1.165, 1.54) is 5.56 Å². The highest BCUT2D eigenvalue weighted by atomic mass is 16.2. The van der Waals surface area contributed by atoms with Gasteiger partial charge >= 0.3 is 6.03 Å². The number of amides is 2. The highest BCUT2D eigenvalue weighted by Crippen LogP contribution is 2.19. The van der Waals surface area contributed by atoms with Gasteiger partial charge in [-0.25, -0.2) is 9.78 Å². The van der Waals surface area contributed by atoms with Gasteiger partial charge in [0.1, 0.15) is 13.1 Å². The quantitative estimate of drug-likeness (QED) is 0.926. The number of hydrogen-bond acceptors (Lipinski definition) is 2. The van der Waals surface area contributed by atoms with Crippen LogP contribution in [0, 0.1) is 13.8 Å². The van der Waals surface area contributed by atoms with Crippen LogP contribution < -0.4 is 15.2 Å². The molecule has 2 aromatic rings. The SMILES string of the molecule is Cc1cccc(NC(=O)N2CCN(c3cccc[nH+]3)CC2)c1C. The molecule has 0 unspecified atom stereocenters. The highest BCUT2D eigenvalue weighted by Gasteiger charge is 2.26. The van der Waals surface area contributed by atoms with E-state index in [9.17, 15) is 4.79 Å². The van der Waals surface area contributed by atoms with E-state index >= 15 is 0 Å². The molecule has 0 atom stereocenters. The van der Waals surface area contributed by atoms with Crippen molar-refractivity contribution in [1.29, 1.82) is 0 Å². The lowest BCUT2D eigenvalue weighted by Crippen LogP contribution is -2.51. The minimum Gasteiger partial charge on any atom is -0.317 e. The number of anilines is 2. The molecule has 120 valence electrons. The number of carbonyl (C=O) groups excluding carboxylic acids is 1. The van der Waals surface area contributed by atoms with Crippen molar-refractivity contribution in [2.45, 2.75) is 13.8 Å². The van der Waals surface area contributed by atoms with Gasteiger partial charge in [-0.05, 0) is 37.1 Å². The van der Waals surface area contributed by atoms with E-state index in [1.807, 2.05) is 42.3 Å². The van der Waals surface area contributed by atoms with Crippen LogP contribution >= 0.6 is 0 Å². The largest absolute Gasteiger partial charge is 0.322 e. The van der Waals surface area contributed by atoms with Crippen molar-refractivity contribution in [2.75, 3.05) is 36.4 Å². The second-order valence-electron chi connectivity index (χ2n) is 5.90. The normalized spacial score (nSPS) is 14.7. The number of aromatic nitrogens is 1. The van der Waals surface area contributed by atoms with Gasteiger partial charge in [0.2, 0.25) is 0 Å². The van der Waals surface area contributed by atoms with Gasteiger partial charge in [0, 0.05) is 11.8 Å². The van der Waals surface area contributed by atoms with Gasteiger partial charge < -0.3 is 10.2 Å². The number of pyridine rings is 1. The van der Waals surface area contributed by atoms with Crippen LogP contribution in [-0.4, -0.2) is 37.1 Å². The van der Waals surface area contributed by atoms with Crippen molar-refractivity contribution in [3.8, 4) is 0 Å². The number of carbonyl (C=O) groups is 1. The molecule has 0 saturated carbocycles. The van der Waals surface area contributed by atoms with Crippen LogP contribution in [0.4, 0.5) is 16.3 Å². The molecular formula is C18H23N4O+. The van der Waals surface area contributed by atoms with Gasteiger partial charge in [0.15, 0.2) is 0 Å². The average Bonchev–Trinajstić information content (AvgIpc) is 2.60. The lowest BCUT2D eigenvalue weighted by molar-refractivity contribution is -0.364. The molecule has 0 bridgehead atoms. The third kappa shape index (κ3) is 3.44. The van der Waals surface area contributed by atoms with Crippen molar-refractivity contribution in [2.24, 2.45) is 0 Å². The van der Waals surface area contributed by atoms with Crippen LogP contribution in [-0.2, 0) is 0 Å². The number of benzene rings is 1. The maximum Gasteiger partial charge on any atom is 0.322 e. The molecule has 1 fully saturated rings. The first kappa shape index (κ1) is 15.3. The second kappa shape index (κ2) is 6.69. The van der Waals surface area contributed by atoms with Gasteiger partial charge in [-0.15, -0.1) is 0 Å². The Balaban J connectivity index is 1.59. The summed E-state index contributed by atoms with van der Waals surface area (Å²) in [6.07, 6.45) is 1.93. The zero-order valence-corrected chi connectivity index (χ0v) is 13.7. The molecular weight excluding hydrogens is 288 g/mol. The van der Waals surface area contributed by atoms with E-state index < -0.39 is 0 Å². The molecule has 1 aliphatic heterocycles. The number of rotatable bonds is 2. The third-order valence-corrected chi connectivity index (χ3v) is 4.45. The Kier molecular flexibility index (Phi) is 4.46. The molecule has 2 N–H and O–H groups in total. The average molecular weight is 311 g/mol. The fourth-order valence-electron chi connectivity index (χ4n) is 2.81. The number of urea groups is 1. The molecule has 2 heterocycles. The summed E-state index contributed by atoms with van der Waals surface area (Å²) in [5.74, 6) is 1.10. The lowest BCUT2D eigenvalue weighted by Gasteiger charge is -2.31. The van der Waals surface area contributed by atoms with Gasteiger partial charge in [-0.3, -0.25) is 4.90 Å².